The van der Waals surface area contributed by atoms with Crippen molar-refractivity contribution in [3.05, 3.63) is 76.1 Å². The quantitative estimate of drug-likeness (QED) is 0.385. The molecule has 0 aliphatic carbocycles. The summed E-state index contributed by atoms with van der Waals surface area (Å²) in [4.78, 5) is 30.2. The molecule has 0 saturated carbocycles. The Morgan fingerprint density at radius 2 is 1.92 bits per heavy atom. The lowest BCUT2D eigenvalue weighted by molar-refractivity contribution is 0.0985. The van der Waals surface area contributed by atoms with Gasteiger partial charge in [-0.2, -0.15) is 5.10 Å². The number of nitrogens with zero attached hydrogens (tertiary/aromatic N) is 5. The summed E-state index contributed by atoms with van der Waals surface area (Å²) in [5, 5.41) is 5.88. The molecule has 9 nitrogen and oxygen atoms in total. The van der Waals surface area contributed by atoms with E-state index in [9.17, 15) is 4.79 Å². The van der Waals surface area contributed by atoms with Gasteiger partial charge in [0, 0.05) is 53.1 Å². The summed E-state index contributed by atoms with van der Waals surface area (Å²) >= 11 is 0. The molecule has 188 valence electrons. The van der Waals surface area contributed by atoms with E-state index in [1.807, 2.05) is 24.7 Å². The van der Waals surface area contributed by atoms with E-state index in [0.29, 0.717) is 19.0 Å². The number of pyridine rings is 1. The molecule has 1 aromatic carbocycles. The molecule has 5 aromatic rings. The van der Waals surface area contributed by atoms with Crippen LogP contribution in [0.5, 0.6) is 0 Å². The number of nitrogens with one attached hydrogen (secondary N) is 2. The van der Waals surface area contributed by atoms with Crippen LogP contribution < -0.4 is 10.5 Å². The van der Waals surface area contributed by atoms with E-state index >= 15 is 0 Å². The molecule has 0 bridgehead atoms. The van der Waals surface area contributed by atoms with Crippen LogP contribution in [0.4, 0.5) is 5.82 Å². The van der Waals surface area contributed by atoms with Crippen LogP contribution in [0, 0.1) is 20.8 Å². The average molecular weight is 496 g/mol. The van der Waals surface area contributed by atoms with Crippen LogP contribution in [0.25, 0.3) is 39.2 Å². The number of benzene rings is 1. The molecule has 9 heteroatoms. The molecule has 1 aliphatic rings. The summed E-state index contributed by atoms with van der Waals surface area (Å²) in [5.41, 5.74) is 7.38. The molecule has 5 heterocycles. The molecule has 4 aromatic heterocycles. The Hall–Kier alpha value is -4.24. The van der Waals surface area contributed by atoms with Crippen LogP contribution in [-0.4, -0.2) is 55.5 Å². The molecular weight excluding hydrogens is 466 g/mol. The zero-order valence-corrected chi connectivity index (χ0v) is 21.4. The Labute approximate surface area is 214 Å². The van der Waals surface area contributed by atoms with Crippen LogP contribution in [0.2, 0.25) is 0 Å². The molecule has 1 aliphatic heterocycles. The van der Waals surface area contributed by atoms with Crippen LogP contribution in [-0.2, 0) is 4.74 Å². The number of ether oxygens (including phenoxy) is 1. The molecule has 1 saturated heterocycles. The van der Waals surface area contributed by atoms with Crippen molar-refractivity contribution in [2.45, 2.75) is 33.7 Å². The minimum Gasteiger partial charge on any atom is -0.377 e. The third-order valence-electron chi connectivity index (χ3n) is 6.99. The Balaban J connectivity index is 1.57. The normalized spacial score (nSPS) is 16.0. The Morgan fingerprint density at radius 1 is 1.05 bits per heavy atom. The number of aryl methyl sites for hydroxylation is 2. The average Bonchev–Trinajstić information content (AvgIpc) is 3.47. The maximum atomic E-state index is 11.6. The van der Waals surface area contributed by atoms with Crippen LogP contribution in [0.3, 0.4) is 0 Å². The highest BCUT2D eigenvalue weighted by molar-refractivity contribution is 5.94. The first-order valence-corrected chi connectivity index (χ1v) is 12.5. The lowest BCUT2D eigenvalue weighted by Crippen LogP contribution is -2.44. The highest BCUT2D eigenvalue weighted by atomic mass is 16.5. The number of fused-ring (bicyclic) bond motifs is 1. The number of anilines is 1. The lowest BCUT2D eigenvalue weighted by atomic mass is 10.0. The van der Waals surface area contributed by atoms with E-state index < -0.39 is 0 Å². The first-order chi connectivity index (χ1) is 17.9. The molecule has 0 unspecified atom stereocenters. The fraction of sp³-hybridized carbons (Fsp3) is 0.286. The number of aromatic nitrogens is 6. The summed E-state index contributed by atoms with van der Waals surface area (Å²) < 4.78 is 7.54. The van der Waals surface area contributed by atoms with E-state index in [0.717, 1.165) is 62.7 Å². The molecule has 0 spiro atoms. The van der Waals surface area contributed by atoms with Crippen LogP contribution >= 0.6 is 0 Å². The molecule has 6 rings (SSSR count). The summed E-state index contributed by atoms with van der Waals surface area (Å²) in [7, 11) is 0. The molecule has 37 heavy (non-hydrogen) atoms. The van der Waals surface area contributed by atoms with Crippen LogP contribution in [0.1, 0.15) is 23.9 Å². The molecule has 0 amide bonds. The van der Waals surface area contributed by atoms with Crippen molar-refractivity contribution < 1.29 is 4.74 Å². The molecule has 0 radical (unpaired) electrons. The number of rotatable bonds is 4. The zero-order valence-electron chi connectivity index (χ0n) is 21.4. The van der Waals surface area contributed by atoms with Gasteiger partial charge in [0.25, 0.3) is 0 Å². The minimum absolute atomic E-state index is 0.149. The van der Waals surface area contributed by atoms with Crippen molar-refractivity contribution in [3.63, 3.8) is 0 Å². The van der Waals surface area contributed by atoms with Gasteiger partial charge in [-0.15, -0.1) is 0 Å². The Bertz CT molecular complexity index is 1660. The number of morpholine rings is 1. The Morgan fingerprint density at radius 3 is 2.70 bits per heavy atom. The first kappa shape index (κ1) is 23.2. The maximum Gasteiger partial charge on any atom is 0.248 e. The van der Waals surface area contributed by atoms with Crippen molar-refractivity contribution in [2.24, 2.45) is 0 Å². The predicted octanol–water partition coefficient (Wildman–Crippen LogP) is 4.32. The van der Waals surface area contributed by atoms with Crippen molar-refractivity contribution in [1.29, 1.82) is 0 Å². The van der Waals surface area contributed by atoms with E-state index in [2.05, 4.69) is 53.0 Å². The standard InChI is InChI=1S/C28H29N7O2/c1-16-11-22(21-7-8-29-23(21)12-16)28-31-24(13-25(32-28)34-9-10-37-15-17(34)2)27-18(3)33-35(19(27)4)20-5-6-26(36)30-14-20/h5-8,11-14,17,29H,9-10,15H2,1-4H3,(H,30,36)/t17-/m1/s1. The highest BCUT2D eigenvalue weighted by Crippen LogP contribution is 2.34. The van der Waals surface area contributed by atoms with Gasteiger partial charge in [0.2, 0.25) is 5.56 Å². The smallest absolute Gasteiger partial charge is 0.248 e. The number of hydrogen-bond donors (Lipinski definition) is 2. The number of H-pyrrole nitrogens is 2. The van der Waals surface area contributed by atoms with Gasteiger partial charge in [-0.3, -0.25) is 4.79 Å². The van der Waals surface area contributed by atoms with Gasteiger partial charge in [-0.25, -0.2) is 14.6 Å². The third kappa shape index (κ3) is 4.11. The third-order valence-corrected chi connectivity index (χ3v) is 6.99. The van der Waals surface area contributed by atoms with E-state index in [1.165, 1.54) is 6.07 Å². The molecule has 1 atom stereocenters. The fourth-order valence-electron chi connectivity index (χ4n) is 5.19. The maximum absolute atomic E-state index is 11.6. The SMILES string of the molecule is Cc1cc(-c2nc(-c3c(C)nn(-c4ccc(=O)[nH]c4)c3C)cc(N3CCOC[C@H]3C)n2)c2cc[nH]c2c1. The summed E-state index contributed by atoms with van der Waals surface area (Å²) in [5.74, 6) is 1.55. The van der Waals surface area contributed by atoms with Gasteiger partial charge in [0.05, 0.1) is 42.0 Å². The van der Waals surface area contributed by atoms with Gasteiger partial charge in [0.15, 0.2) is 5.82 Å². The monoisotopic (exact) mass is 495 g/mol. The topological polar surface area (TPSA) is 105 Å². The van der Waals surface area contributed by atoms with Crippen molar-refractivity contribution in [3.8, 4) is 28.3 Å². The highest BCUT2D eigenvalue weighted by Gasteiger charge is 2.25. The van der Waals surface area contributed by atoms with E-state index in [1.54, 1.807) is 12.3 Å². The Kier molecular flexibility index (Phi) is 5.64. The second-order valence-electron chi connectivity index (χ2n) is 9.67. The van der Waals surface area contributed by atoms with Gasteiger partial charge >= 0.3 is 0 Å². The van der Waals surface area contributed by atoms with Gasteiger partial charge in [-0.1, -0.05) is 0 Å². The summed E-state index contributed by atoms with van der Waals surface area (Å²) in [6, 6.07) is 11.9. The summed E-state index contributed by atoms with van der Waals surface area (Å²) in [6.45, 7) is 10.3. The fourth-order valence-corrected chi connectivity index (χ4v) is 5.19. The molecular formula is C28H29N7O2. The minimum atomic E-state index is -0.149. The van der Waals surface area contributed by atoms with Crippen molar-refractivity contribution in [2.75, 3.05) is 24.7 Å². The second kappa shape index (κ2) is 9.01. The van der Waals surface area contributed by atoms with E-state index in [-0.39, 0.29) is 11.6 Å². The predicted molar refractivity (Wildman–Crippen MR) is 144 cm³/mol. The largest absolute Gasteiger partial charge is 0.377 e. The number of aromatic amines is 2. The van der Waals surface area contributed by atoms with Gasteiger partial charge in [-0.05, 0) is 57.5 Å². The zero-order chi connectivity index (χ0) is 25.7. The van der Waals surface area contributed by atoms with E-state index in [4.69, 9.17) is 19.8 Å². The van der Waals surface area contributed by atoms with Crippen LogP contribution in [0.15, 0.2) is 53.6 Å². The lowest BCUT2D eigenvalue weighted by Gasteiger charge is -2.34. The van der Waals surface area contributed by atoms with Crippen molar-refractivity contribution >= 4 is 16.7 Å². The first-order valence-electron chi connectivity index (χ1n) is 12.5. The number of hydrogen-bond acceptors (Lipinski definition) is 6. The van der Waals surface area contributed by atoms with Gasteiger partial charge < -0.3 is 19.6 Å². The second-order valence-corrected chi connectivity index (χ2v) is 9.67. The molecule has 2 N–H and O–H groups in total. The van der Waals surface area contributed by atoms with Gasteiger partial charge in [0.1, 0.15) is 5.82 Å². The molecule has 1 fully saturated rings. The van der Waals surface area contributed by atoms with Crippen molar-refractivity contribution in [1.82, 2.24) is 29.7 Å². The summed E-state index contributed by atoms with van der Waals surface area (Å²) in [6.07, 6.45) is 3.62.